The Morgan fingerprint density at radius 3 is 2.56 bits per heavy atom. The maximum absolute atomic E-state index is 13.7. The van der Waals surface area contributed by atoms with Crippen LogP contribution in [0.2, 0.25) is 0 Å². The van der Waals surface area contributed by atoms with Gasteiger partial charge in [0, 0.05) is 17.5 Å². The summed E-state index contributed by atoms with van der Waals surface area (Å²) >= 11 is 0. The molecule has 0 saturated carbocycles. The predicted octanol–water partition coefficient (Wildman–Crippen LogP) is 5.76. The topological polar surface area (TPSA) is 88.1 Å². The molecule has 1 aromatic heterocycles. The molecule has 0 aliphatic heterocycles. The maximum atomic E-state index is 13.7. The molecule has 3 rings (SSSR count). The molecule has 3 aromatic rings. The highest BCUT2D eigenvalue weighted by Gasteiger charge is 2.36. The molecule has 0 fully saturated rings. The number of para-hydroxylation sites is 1. The van der Waals surface area contributed by atoms with Crippen LogP contribution in [0.5, 0.6) is 5.75 Å². The van der Waals surface area contributed by atoms with E-state index in [0.29, 0.717) is 41.9 Å². The van der Waals surface area contributed by atoms with Crippen molar-refractivity contribution in [2.75, 3.05) is 6.61 Å². The van der Waals surface area contributed by atoms with Gasteiger partial charge in [0.2, 0.25) is 0 Å². The summed E-state index contributed by atoms with van der Waals surface area (Å²) in [7, 11) is 0. The molecule has 2 aromatic carbocycles. The first-order valence-corrected chi connectivity index (χ1v) is 10.7. The molecule has 1 atom stereocenters. The van der Waals surface area contributed by atoms with E-state index >= 15 is 0 Å². The second-order valence-corrected chi connectivity index (χ2v) is 8.04. The van der Waals surface area contributed by atoms with Crippen LogP contribution in [0.25, 0.3) is 11.4 Å². The Balaban J connectivity index is 1.83. The molecule has 0 amide bonds. The number of halogens is 3. The maximum Gasteiger partial charge on any atom is 0.433 e. The molecule has 0 radical (unpaired) electrons. The number of nitrogens with zero attached hydrogens (tertiary/aromatic N) is 3. The van der Waals surface area contributed by atoms with E-state index in [1.165, 1.54) is 12.1 Å². The summed E-state index contributed by atoms with van der Waals surface area (Å²) in [6.07, 6.45) is -2.43. The summed E-state index contributed by atoms with van der Waals surface area (Å²) in [6, 6.07) is 15.0. The van der Waals surface area contributed by atoms with Crippen molar-refractivity contribution in [1.29, 1.82) is 5.26 Å². The van der Waals surface area contributed by atoms with Gasteiger partial charge in [-0.2, -0.15) is 18.4 Å². The second-order valence-electron chi connectivity index (χ2n) is 8.04. The van der Waals surface area contributed by atoms with Gasteiger partial charge in [0.1, 0.15) is 17.3 Å². The minimum Gasteiger partial charge on any atom is -0.493 e. The van der Waals surface area contributed by atoms with Crippen LogP contribution in [0.1, 0.15) is 43.0 Å². The molecule has 0 bridgehead atoms. The highest BCUT2D eigenvalue weighted by Crippen LogP contribution is 2.34. The number of imidazole rings is 1. The molecule has 1 unspecified atom stereocenters. The van der Waals surface area contributed by atoms with Crippen LogP contribution in [0.3, 0.4) is 0 Å². The average Bonchev–Trinajstić information content (AvgIpc) is 3.21. The molecule has 9 heteroatoms. The zero-order chi connectivity index (χ0) is 24.7. The van der Waals surface area contributed by atoms with E-state index in [9.17, 15) is 18.0 Å². The van der Waals surface area contributed by atoms with Crippen LogP contribution in [0, 0.1) is 17.2 Å². The van der Waals surface area contributed by atoms with Crippen LogP contribution in [-0.2, 0) is 17.5 Å². The molecular weight excluding hydrogens is 447 g/mol. The van der Waals surface area contributed by atoms with E-state index in [0.717, 1.165) is 10.8 Å². The van der Waals surface area contributed by atoms with Crippen LogP contribution in [0.15, 0.2) is 54.7 Å². The molecular formula is C25H24F3N3O3. The van der Waals surface area contributed by atoms with Gasteiger partial charge in [-0.1, -0.05) is 25.1 Å². The lowest BCUT2D eigenvalue weighted by Gasteiger charge is -2.17. The Bertz CT molecular complexity index is 1160. The van der Waals surface area contributed by atoms with Crippen molar-refractivity contribution in [3.8, 4) is 23.2 Å². The monoisotopic (exact) mass is 471 g/mol. The number of hydrogen-bond acceptors (Lipinski definition) is 4. The molecule has 178 valence electrons. The quantitative estimate of drug-likeness (QED) is 0.380. The molecule has 6 nitrogen and oxygen atoms in total. The SMILES string of the molecule is CC(CCCOc1ccccc1Cn1c(C(F)(F)F)cnc1-c1ccc(C#N)cc1)CC(=O)O. The number of aliphatic carboxylic acids is 1. The van der Waals surface area contributed by atoms with Crippen molar-refractivity contribution in [1.82, 2.24) is 9.55 Å². The lowest BCUT2D eigenvalue weighted by molar-refractivity contribution is -0.143. The first-order valence-electron chi connectivity index (χ1n) is 10.7. The van der Waals surface area contributed by atoms with E-state index in [2.05, 4.69) is 4.98 Å². The summed E-state index contributed by atoms with van der Waals surface area (Å²) < 4.78 is 48.2. The zero-order valence-corrected chi connectivity index (χ0v) is 18.5. The Hall–Kier alpha value is -3.80. The zero-order valence-electron chi connectivity index (χ0n) is 18.5. The number of carbonyl (C=O) groups is 1. The first-order chi connectivity index (χ1) is 16.2. The van der Waals surface area contributed by atoms with Crippen molar-refractivity contribution in [3.05, 3.63) is 71.5 Å². The fourth-order valence-corrected chi connectivity index (χ4v) is 3.65. The van der Waals surface area contributed by atoms with E-state index in [4.69, 9.17) is 15.1 Å². The predicted molar refractivity (Wildman–Crippen MR) is 119 cm³/mol. The summed E-state index contributed by atoms with van der Waals surface area (Å²) in [5.74, 6) is -0.251. The molecule has 1 N–H and O–H groups in total. The summed E-state index contributed by atoms with van der Waals surface area (Å²) in [5.41, 5.74) is 0.526. The van der Waals surface area contributed by atoms with Gasteiger partial charge in [-0.25, -0.2) is 4.98 Å². The van der Waals surface area contributed by atoms with Gasteiger partial charge in [0.25, 0.3) is 0 Å². The van der Waals surface area contributed by atoms with E-state index in [1.807, 2.05) is 13.0 Å². The Morgan fingerprint density at radius 2 is 1.91 bits per heavy atom. The summed E-state index contributed by atoms with van der Waals surface area (Å²) in [4.78, 5) is 14.8. The number of hydrogen-bond donors (Lipinski definition) is 1. The largest absolute Gasteiger partial charge is 0.493 e. The van der Waals surface area contributed by atoms with Gasteiger partial charge >= 0.3 is 12.1 Å². The van der Waals surface area contributed by atoms with Gasteiger partial charge < -0.3 is 14.4 Å². The number of carboxylic acids is 1. The number of ether oxygens (including phenoxy) is 1. The summed E-state index contributed by atoms with van der Waals surface area (Å²) in [6.45, 7) is 2.06. The number of rotatable bonds is 10. The fraction of sp³-hybridized carbons (Fsp3) is 0.320. The first kappa shape index (κ1) is 24.8. The lowest BCUT2D eigenvalue weighted by Crippen LogP contribution is -2.15. The number of carboxylic acid groups (broad SMARTS) is 1. The molecule has 0 aliphatic carbocycles. The lowest BCUT2D eigenvalue weighted by atomic mass is 10.0. The average molecular weight is 471 g/mol. The van der Waals surface area contributed by atoms with Crippen molar-refractivity contribution in [2.24, 2.45) is 5.92 Å². The highest BCUT2D eigenvalue weighted by molar-refractivity contribution is 5.66. The Kier molecular flexibility index (Phi) is 7.95. The van der Waals surface area contributed by atoms with Crippen molar-refractivity contribution in [3.63, 3.8) is 0 Å². The van der Waals surface area contributed by atoms with E-state index < -0.39 is 17.8 Å². The van der Waals surface area contributed by atoms with Crippen LogP contribution in [0.4, 0.5) is 13.2 Å². The molecule has 0 spiro atoms. The molecule has 34 heavy (non-hydrogen) atoms. The van der Waals surface area contributed by atoms with Gasteiger partial charge in [0.05, 0.1) is 31.0 Å². The number of aromatic nitrogens is 2. The van der Waals surface area contributed by atoms with Gasteiger partial charge in [-0.05, 0) is 49.1 Å². The number of benzene rings is 2. The minimum atomic E-state index is -4.60. The van der Waals surface area contributed by atoms with Crippen molar-refractivity contribution >= 4 is 5.97 Å². The minimum absolute atomic E-state index is 0.00613. The van der Waals surface area contributed by atoms with Crippen LogP contribution >= 0.6 is 0 Å². The Morgan fingerprint density at radius 1 is 1.21 bits per heavy atom. The number of nitriles is 1. The fourth-order valence-electron chi connectivity index (χ4n) is 3.65. The standard InChI is InChI=1S/C25H24F3N3O3/c1-17(13-23(32)33)5-4-12-34-21-7-3-2-6-20(21)16-31-22(25(26,27)28)15-30-24(31)19-10-8-18(14-29)9-11-19/h2-3,6-11,15,17H,4-5,12-13,16H2,1H3,(H,32,33). The third-order valence-corrected chi connectivity index (χ3v) is 5.34. The second kappa shape index (κ2) is 10.9. The van der Waals surface area contributed by atoms with E-state index in [1.54, 1.807) is 36.4 Å². The smallest absolute Gasteiger partial charge is 0.433 e. The van der Waals surface area contributed by atoms with Gasteiger partial charge in [0.15, 0.2) is 0 Å². The highest BCUT2D eigenvalue weighted by atomic mass is 19.4. The van der Waals surface area contributed by atoms with Crippen LogP contribution in [-0.4, -0.2) is 27.2 Å². The normalized spacial score (nSPS) is 12.2. The van der Waals surface area contributed by atoms with E-state index in [-0.39, 0.29) is 24.7 Å². The Labute approximate surface area is 195 Å². The molecule has 1 heterocycles. The van der Waals surface area contributed by atoms with Crippen LogP contribution < -0.4 is 4.74 Å². The number of alkyl halides is 3. The third kappa shape index (κ3) is 6.38. The van der Waals surface area contributed by atoms with Crippen molar-refractivity contribution in [2.45, 2.75) is 38.9 Å². The molecule has 0 aliphatic rings. The van der Waals surface area contributed by atoms with Gasteiger partial charge in [-0.3, -0.25) is 4.79 Å². The van der Waals surface area contributed by atoms with Crippen molar-refractivity contribution < 1.29 is 27.8 Å². The third-order valence-electron chi connectivity index (χ3n) is 5.34. The molecule has 0 saturated heterocycles. The van der Waals surface area contributed by atoms with Gasteiger partial charge in [-0.15, -0.1) is 0 Å². The summed E-state index contributed by atoms with van der Waals surface area (Å²) in [5, 5.41) is 17.8.